The van der Waals surface area contributed by atoms with E-state index in [-0.39, 0.29) is 0 Å². The molecule has 1 aliphatic rings. The van der Waals surface area contributed by atoms with Gasteiger partial charge < -0.3 is 4.74 Å². The van der Waals surface area contributed by atoms with Crippen LogP contribution in [0.4, 0.5) is 0 Å². The lowest BCUT2D eigenvalue weighted by Gasteiger charge is -2.28. The minimum atomic E-state index is -1.21. The molecular formula is C8H14N3O3. The first-order valence-corrected chi connectivity index (χ1v) is 4.41. The Labute approximate surface area is 82.5 Å². The molecular weight excluding hydrogens is 186 g/mol. The first-order chi connectivity index (χ1) is 6.74. The van der Waals surface area contributed by atoms with E-state index in [1.165, 1.54) is 6.08 Å². The van der Waals surface area contributed by atoms with Gasteiger partial charge in [0.15, 0.2) is 0 Å². The molecule has 2 N–H and O–H groups in total. The Bertz CT molecular complexity index is 204. The van der Waals surface area contributed by atoms with Gasteiger partial charge in [-0.05, 0) is 0 Å². The van der Waals surface area contributed by atoms with Gasteiger partial charge in [0.2, 0.25) is 0 Å². The van der Waals surface area contributed by atoms with Crippen molar-refractivity contribution in [1.82, 2.24) is 16.0 Å². The third kappa shape index (κ3) is 3.43. The van der Waals surface area contributed by atoms with Crippen molar-refractivity contribution >= 4 is 5.97 Å². The molecule has 0 aromatic rings. The summed E-state index contributed by atoms with van der Waals surface area (Å²) in [6, 6.07) is -0.891. The second-order valence-electron chi connectivity index (χ2n) is 2.89. The predicted molar refractivity (Wildman–Crippen MR) is 48.3 cm³/mol. The number of morpholine rings is 1. The summed E-state index contributed by atoms with van der Waals surface area (Å²) in [5.74, 6) is -1.21. The summed E-state index contributed by atoms with van der Waals surface area (Å²) in [6.45, 7) is 6.08. The van der Waals surface area contributed by atoms with Crippen LogP contribution in [0, 0.1) is 0 Å². The maximum atomic E-state index is 10.5. The van der Waals surface area contributed by atoms with Crippen LogP contribution in [0.2, 0.25) is 0 Å². The second kappa shape index (κ2) is 5.71. The monoisotopic (exact) mass is 200 g/mol. The highest BCUT2D eigenvalue weighted by atomic mass is 16.5. The Kier molecular flexibility index (Phi) is 4.54. The molecule has 1 atom stereocenters. The van der Waals surface area contributed by atoms with Crippen molar-refractivity contribution in [2.24, 2.45) is 0 Å². The zero-order valence-electron chi connectivity index (χ0n) is 7.86. The largest absolute Gasteiger partial charge is 0.379 e. The minimum Gasteiger partial charge on any atom is -0.379 e. The number of hydrogen-bond donors (Lipinski definition) is 2. The Morgan fingerprint density at radius 2 is 2.14 bits per heavy atom. The van der Waals surface area contributed by atoms with E-state index in [1.54, 1.807) is 0 Å². The van der Waals surface area contributed by atoms with Crippen molar-refractivity contribution in [2.45, 2.75) is 6.04 Å². The second-order valence-corrected chi connectivity index (χ2v) is 2.89. The maximum absolute atomic E-state index is 10.5. The lowest BCUT2D eigenvalue weighted by molar-refractivity contribution is -0.145. The number of nitrogens with one attached hydrogen (secondary N) is 2. The molecule has 6 heteroatoms. The van der Waals surface area contributed by atoms with E-state index >= 15 is 0 Å². The van der Waals surface area contributed by atoms with E-state index in [4.69, 9.17) is 4.74 Å². The highest BCUT2D eigenvalue weighted by Crippen LogP contribution is 1.91. The van der Waals surface area contributed by atoms with Crippen molar-refractivity contribution < 1.29 is 14.6 Å². The van der Waals surface area contributed by atoms with Crippen LogP contribution < -0.4 is 11.0 Å². The number of hydrazine groups is 2. The fraction of sp³-hybridized carbons (Fsp3) is 0.625. The van der Waals surface area contributed by atoms with Crippen LogP contribution in [0.1, 0.15) is 0 Å². The van der Waals surface area contributed by atoms with Crippen LogP contribution in [0.25, 0.3) is 0 Å². The summed E-state index contributed by atoms with van der Waals surface area (Å²) in [4.78, 5) is 10.5. The van der Waals surface area contributed by atoms with Crippen molar-refractivity contribution in [1.29, 1.82) is 0 Å². The molecule has 1 rings (SSSR count). The van der Waals surface area contributed by atoms with Crippen molar-refractivity contribution in [3.05, 3.63) is 12.7 Å². The molecule has 1 fully saturated rings. The molecule has 6 nitrogen and oxygen atoms in total. The van der Waals surface area contributed by atoms with E-state index in [1.807, 2.05) is 5.01 Å². The van der Waals surface area contributed by atoms with Gasteiger partial charge in [-0.25, -0.2) is 20.3 Å². The van der Waals surface area contributed by atoms with Crippen LogP contribution in [-0.4, -0.2) is 43.3 Å². The average Bonchev–Trinajstić information content (AvgIpc) is 2.20. The van der Waals surface area contributed by atoms with Gasteiger partial charge >= 0.3 is 5.97 Å². The Morgan fingerprint density at radius 3 is 2.64 bits per heavy atom. The normalized spacial score (nSPS) is 20.3. The van der Waals surface area contributed by atoms with E-state index in [2.05, 4.69) is 17.5 Å². The van der Waals surface area contributed by atoms with Crippen molar-refractivity contribution in [3.8, 4) is 0 Å². The fourth-order valence-corrected chi connectivity index (χ4v) is 1.05. The SMILES string of the molecule is C=CC(NNN1CCOCC1)C([O])=O. The van der Waals surface area contributed by atoms with E-state index in [0.29, 0.717) is 26.3 Å². The summed E-state index contributed by atoms with van der Waals surface area (Å²) < 4.78 is 5.12. The van der Waals surface area contributed by atoms with E-state index < -0.39 is 12.0 Å². The lowest BCUT2D eigenvalue weighted by atomic mass is 10.3. The number of ether oxygens (including phenoxy) is 1. The molecule has 0 saturated carbocycles. The van der Waals surface area contributed by atoms with E-state index in [0.717, 1.165) is 0 Å². The molecule has 1 radical (unpaired) electrons. The molecule has 0 aliphatic carbocycles. The molecule has 0 aromatic heterocycles. The molecule has 1 aliphatic heterocycles. The van der Waals surface area contributed by atoms with Crippen LogP contribution in [-0.2, 0) is 14.6 Å². The van der Waals surface area contributed by atoms with Crippen LogP contribution >= 0.6 is 0 Å². The summed E-state index contributed by atoms with van der Waals surface area (Å²) in [7, 11) is 0. The summed E-state index contributed by atoms with van der Waals surface area (Å²) in [6.07, 6.45) is 1.27. The smallest absolute Gasteiger partial charge is 0.377 e. The topological polar surface area (TPSA) is 73.5 Å². The van der Waals surface area contributed by atoms with E-state index in [9.17, 15) is 9.90 Å². The molecule has 79 valence electrons. The first-order valence-electron chi connectivity index (χ1n) is 4.41. The molecule has 14 heavy (non-hydrogen) atoms. The number of carbonyl (C=O) groups excluding carboxylic acids is 1. The van der Waals surface area contributed by atoms with Crippen molar-refractivity contribution in [3.63, 3.8) is 0 Å². The van der Waals surface area contributed by atoms with Gasteiger partial charge in [0, 0.05) is 13.1 Å². The molecule has 0 bridgehead atoms. The van der Waals surface area contributed by atoms with Crippen molar-refractivity contribution in [2.75, 3.05) is 26.3 Å². The van der Waals surface area contributed by atoms with Gasteiger partial charge in [-0.2, -0.15) is 5.53 Å². The average molecular weight is 200 g/mol. The molecule has 1 unspecified atom stereocenters. The molecule has 0 aromatic carbocycles. The van der Waals surface area contributed by atoms with Crippen LogP contribution in [0.5, 0.6) is 0 Å². The predicted octanol–water partition coefficient (Wildman–Crippen LogP) is -1.16. The quantitative estimate of drug-likeness (QED) is 0.432. The summed E-state index contributed by atoms with van der Waals surface area (Å²) in [5.41, 5.74) is 5.34. The highest BCUT2D eigenvalue weighted by Gasteiger charge is 2.16. The third-order valence-electron chi connectivity index (χ3n) is 1.88. The number of carbonyl (C=O) groups is 1. The van der Waals surface area contributed by atoms with Gasteiger partial charge in [0.1, 0.15) is 6.04 Å². The number of hydrogen-bond acceptors (Lipinski definition) is 5. The summed E-state index contributed by atoms with van der Waals surface area (Å²) >= 11 is 0. The standard InChI is InChI=1S/C8H14N3O3/c1-2-7(8(12)13)9-10-11-3-5-14-6-4-11/h2,7,9-10H,1,3-6H2. The first kappa shape index (κ1) is 11.1. The van der Waals surface area contributed by atoms with Gasteiger partial charge in [0.05, 0.1) is 13.2 Å². The lowest BCUT2D eigenvalue weighted by Crippen LogP contribution is -2.55. The highest BCUT2D eigenvalue weighted by molar-refractivity contribution is 5.75. The zero-order chi connectivity index (χ0) is 10.4. The molecule has 1 heterocycles. The molecule has 0 amide bonds. The van der Waals surface area contributed by atoms with Crippen LogP contribution in [0.3, 0.4) is 0 Å². The number of rotatable bonds is 5. The Morgan fingerprint density at radius 1 is 1.50 bits per heavy atom. The third-order valence-corrected chi connectivity index (χ3v) is 1.88. The fourth-order valence-electron chi connectivity index (χ4n) is 1.05. The molecule has 1 saturated heterocycles. The summed E-state index contributed by atoms with van der Waals surface area (Å²) in [5, 5.41) is 12.3. The van der Waals surface area contributed by atoms with Gasteiger partial charge in [-0.15, -0.1) is 6.58 Å². The Hall–Kier alpha value is -0.950. The molecule has 0 spiro atoms. The maximum Gasteiger partial charge on any atom is 0.377 e. The minimum absolute atomic E-state index is 0.638. The Balaban J connectivity index is 2.23. The van der Waals surface area contributed by atoms with Gasteiger partial charge in [-0.3, -0.25) is 0 Å². The van der Waals surface area contributed by atoms with Gasteiger partial charge in [-0.1, -0.05) is 6.08 Å². The van der Waals surface area contributed by atoms with Crippen LogP contribution in [0.15, 0.2) is 12.7 Å². The zero-order valence-corrected chi connectivity index (χ0v) is 7.86. The van der Waals surface area contributed by atoms with Gasteiger partial charge in [0.25, 0.3) is 0 Å². The number of nitrogens with zero attached hydrogens (tertiary/aromatic N) is 1.